The van der Waals surface area contributed by atoms with Crippen LogP contribution in [0.5, 0.6) is 11.5 Å². The SMILES string of the molecule is CC(NC(=O)C(C)(Cc1c[nH]c2ccccc12)NCc1ccc(Oc2ccccc2)cc1)c1ccccc1. The van der Waals surface area contributed by atoms with Crippen LogP contribution in [0.3, 0.4) is 0 Å². The van der Waals surface area contributed by atoms with Crippen LogP contribution in [-0.2, 0) is 17.8 Å². The first-order chi connectivity index (χ1) is 18.5. The summed E-state index contributed by atoms with van der Waals surface area (Å²) in [6.45, 7) is 4.54. The molecule has 2 unspecified atom stereocenters. The van der Waals surface area contributed by atoms with Crippen LogP contribution >= 0.6 is 0 Å². The number of carbonyl (C=O) groups is 1. The van der Waals surface area contributed by atoms with Crippen LogP contribution in [0.2, 0.25) is 0 Å². The van der Waals surface area contributed by atoms with E-state index in [-0.39, 0.29) is 11.9 Å². The van der Waals surface area contributed by atoms with Crippen LogP contribution in [-0.4, -0.2) is 16.4 Å². The molecule has 0 bridgehead atoms. The molecule has 0 spiro atoms. The lowest BCUT2D eigenvalue weighted by Crippen LogP contribution is -2.56. The maximum absolute atomic E-state index is 13.8. The molecule has 5 nitrogen and oxygen atoms in total. The molecule has 192 valence electrons. The van der Waals surface area contributed by atoms with Crippen molar-refractivity contribution in [2.75, 3.05) is 0 Å². The van der Waals surface area contributed by atoms with Crippen molar-refractivity contribution in [1.82, 2.24) is 15.6 Å². The molecule has 1 aromatic heterocycles. The van der Waals surface area contributed by atoms with Gasteiger partial charge >= 0.3 is 0 Å². The zero-order chi connectivity index (χ0) is 26.4. The second kappa shape index (κ2) is 11.4. The molecule has 5 rings (SSSR count). The zero-order valence-electron chi connectivity index (χ0n) is 21.8. The van der Waals surface area contributed by atoms with Crippen molar-refractivity contribution in [3.63, 3.8) is 0 Å². The number of hydrogen-bond donors (Lipinski definition) is 3. The maximum Gasteiger partial charge on any atom is 0.240 e. The van der Waals surface area contributed by atoms with Crippen molar-refractivity contribution in [3.8, 4) is 11.5 Å². The van der Waals surface area contributed by atoms with Crippen molar-refractivity contribution in [1.29, 1.82) is 0 Å². The monoisotopic (exact) mass is 503 g/mol. The van der Waals surface area contributed by atoms with E-state index < -0.39 is 5.54 Å². The second-order valence-electron chi connectivity index (χ2n) is 9.89. The number of benzene rings is 4. The molecule has 2 atom stereocenters. The number of ether oxygens (including phenoxy) is 1. The molecule has 0 saturated heterocycles. The maximum atomic E-state index is 13.8. The van der Waals surface area contributed by atoms with E-state index >= 15 is 0 Å². The number of aromatic amines is 1. The summed E-state index contributed by atoms with van der Waals surface area (Å²) in [5.41, 5.74) is 3.47. The first-order valence-corrected chi connectivity index (χ1v) is 13.0. The van der Waals surface area contributed by atoms with Gasteiger partial charge in [0, 0.05) is 30.1 Å². The van der Waals surface area contributed by atoms with Crippen LogP contribution < -0.4 is 15.4 Å². The molecule has 0 radical (unpaired) electrons. The van der Waals surface area contributed by atoms with Gasteiger partial charge < -0.3 is 15.0 Å². The normalized spacial score (nSPS) is 13.5. The molecular formula is C33H33N3O2. The first-order valence-electron chi connectivity index (χ1n) is 13.0. The molecule has 1 heterocycles. The van der Waals surface area contributed by atoms with Gasteiger partial charge in [0.15, 0.2) is 0 Å². The van der Waals surface area contributed by atoms with Crippen LogP contribution in [0.15, 0.2) is 115 Å². The number of aromatic nitrogens is 1. The van der Waals surface area contributed by atoms with Gasteiger partial charge in [0.2, 0.25) is 5.91 Å². The Morgan fingerprint density at radius 2 is 1.47 bits per heavy atom. The lowest BCUT2D eigenvalue weighted by Gasteiger charge is -2.31. The fraction of sp³-hybridized carbons (Fsp3) is 0.182. The number of rotatable bonds is 10. The largest absolute Gasteiger partial charge is 0.457 e. The minimum Gasteiger partial charge on any atom is -0.457 e. The summed E-state index contributed by atoms with van der Waals surface area (Å²) in [7, 11) is 0. The van der Waals surface area contributed by atoms with Gasteiger partial charge in [0.05, 0.1) is 11.6 Å². The molecule has 0 fully saturated rings. The van der Waals surface area contributed by atoms with Gasteiger partial charge in [0.25, 0.3) is 0 Å². The molecule has 38 heavy (non-hydrogen) atoms. The van der Waals surface area contributed by atoms with Gasteiger partial charge in [-0.3, -0.25) is 10.1 Å². The topological polar surface area (TPSA) is 66.2 Å². The average molecular weight is 504 g/mol. The van der Waals surface area contributed by atoms with E-state index in [1.807, 2.05) is 117 Å². The second-order valence-corrected chi connectivity index (χ2v) is 9.89. The molecule has 5 heteroatoms. The molecule has 0 aliphatic heterocycles. The Balaban J connectivity index is 1.33. The Labute approximate surface area is 223 Å². The predicted molar refractivity (Wildman–Crippen MR) is 153 cm³/mol. The summed E-state index contributed by atoms with van der Waals surface area (Å²) in [4.78, 5) is 17.1. The minimum atomic E-state index is -0.840. The lowest BCUT2D eigenvalue weighted by molar-refractivity contribution is -0.127. The van der Waals surface area contributed by atoms with Gasteiger partial charge in [-0.1, -0.05) is 78.9 Å². The fourth-order valence-electron chi connectivity index (χ4n) is 4.66. The molecule has 3 N–H and O–H groups in total. The number of amides is 1. The number of hydrogen-bond acceptors (Lipinski definition) is 3. The minimum absolute atomic E-state index is 0.0387. The van der Waals surface area contributed by atoms with Crippen molar-refractivity contribution in [2.45, 2.75) is 38.4 Å². The Morgan fingerprint density at radius 1 is 0.842 bits per heavy atom. The van der Waals surface area contributed by atoms with E-state index in [0.29, 0.717) is 13.0 Å². The third-order valence-corrected chi connectivity index (χ3v) is 6.95. The number of carbonyl (C=O) groups excluding carboxylic acids is 1. The van der Waals surface area contributed by atoms with Gasteiger partial charge in [0.1, 0.15) is 11.5 Å². The van der Waals surface area contributed by atoms with Crippen LogP contribution in [0.4, 0.5) is 0 Å². The van der Waals surface area contributed by atoms with E-state index in [0.717, 1.165) is 39.1 Å². The summed E-state index contributed by atoms with van der Waals surface area (Å²) in [6, 6.07) is 35.8. The summed E-state index contributed by atoms with van der Waals surface area (Å²) >= 11 is 0. The lowest BCUT2D eigenvalue weighted by atomic mass is 9.90. The summed E-state index contributed by atoms with van der Waals surface area (Å²) in [6.07, 6.45) is 2.55. The molecule has 0 aliphatic carbocycles. The van der Waals surface area contributed by atoms with E-state index in [1.54, 1.807) is 0 Å². The average Bonchev–Trinajstić information content (AvgIpc) is 3.36. The van der Waals surface area contributed by atoms with E-state index in [9.17, 15) is 4.79 Å². The molecular weight excluding hydrogens is 470 g/mol. The third kappa shape index (κ3) is 5.96. The van der Waals surface area contributed by atoms with Crippen molar-refractivity contribution >= 4 is 16.8 Å². The third-order valence-electron chi connectivity index (χ3n) is 6.95. The highest BCUT2D eigenvalue weighted by Gasteiger charge is 2.34. The molecule has 1 amide bonds. The van der Waals surface area contributed by atoms with E-state index in [2.05, 4.69) is 27.8 Å². The van der Waals surface area contributed by atoms with Gasteiger partial charge in [-0.05, 0) is 60.9 Å². The number of H-pyrrole nitrogens is 1. The number of para-hydroxylation sites is 2. The van der Waals surface area contributed by atoms with Crippen LogP contribution in [0.25, 0.3) is 10.9 Å². The first kappa shape index (κ1) is 25.3. The summed E-state index contributed by atoms with van der Waals surface area (Å²) in [5, 5.41) is 7.94. The highest BCUT2D eigenvalue weighted by Crippen LogP contribution is 2.25. The Hall–Kier alpha value is -4.35. The number of fused-ring (bicyclic) bond motifs is 1. The zero-order valence-corrected chi connectivity index (χ0v) is 21.8. The quantitative estimate of drug-likeness (QED) is 0.194. The van der Waals surface area contributed by atoms with Crippen LogP contribution in [0.1, 0.15) is 36.6 Å². The molecule has 4 aromatic carbocycles. The predicted octanol–water partition coefficient (Wildman–Crippen LogP) is 6.93. The smallest absolute Gasteiger partial charge is 0.240 e. The van der Waals surface area contributed by atoms with Gasteiger partial charge in [-0.2, -0.15) is 0 Å². The van der Waals surface area contributed by atoms with Gasteiger partial charge in [-0.15, -0.1) is 0 Å². The van der Waals surface area contributed by atoms with Crippen molar-refractivity contribution < 1.29 is 9.53 Å². The molecule has 0 saturated carbocycles. The van der Waals surface area contributed by atoms with Gasteiger partial charge in [-0.25, -0.2) is 0 Å². The highest BCUT2D eigenvalue weighted by molar-refractivity contribution is 5.89. The Morgan fingerprint density at radius 3 is 2.21 bits per heavy atom. The van der Waals surface area contributed by atoms with Crippen molar-refractivity contribution in [3.05, 3.63) is 132 Å². The summed E-state index contributed by atoms with van der Waals surface area (Å²) in [5.74, 6) is 1.54. The Kier molecular flexibility index (Phi) is 7.57. The summed E-state index contributed by atoms with van der Waals surface area (Å²) < 4.78 is 5.93. The molecule has 5 aromatic rings. The fourth-order valence-corrected chi connectivity index (χ4v) is 4.66. The highest BCUT2D eigenvalue weighted by atomic mass is 16.5. The van der Waals surface area contributed by atoms with E-state index in [1.165, 1.54) is 0 Å². The Bertz CT molecular complexity index is 1480. The number of nitrogens with one attached hydrogen (secondary N) is 3. The molecule has 0 aliphatic rings. The standard InChI is InChI=1S/C33H33N3O2/c1-24(26-11-5-3-6-12-26)36-32(37)33(2,21-27-23-34-31-16-10-9-15-30(27)31)35-22-25-17-19-29(20-18-25)38-28-13-7-4-8-14-28/h3-20,23-24,34-35H,21-22H2,1-2H3,(H,36,37). The van der Waals surface area contributed by atoms with Crippen molar-refractivity contribution in [2.24, 2.45) is 0 Å². The van der Waals surface area contributed by atoms with Crippen LogP contribution in [0, 0.1) is 0 Å². The van der Waals surface area contributed by atoms with E-state index in [4.69, 9.17) is 4.74 Å².